The lowest BCUT2D eigenvalue weighted by molar-refractivity contribution is -0.115. The van der Waals surface area contributed by atoms with Crippen molar-refractivity contribution in [1.82, 2.24) is 9.97 Å². The molecule has 8 heteroatoms. The molecule has 110 valence electrons. The third-order valence-electron chi connectivity index (χ3n) is 2.51. The first-order valence-corrected chi connectivity index (χ1v) is 7.74. The number of nitrogens with one attached hydrogen (secondary N) is 1. The molecule has 0 radical (unpaired) electrons. The maximum absolute atomic E-state index is 12.1. The largest absolute Gasteiger partial charge is 0.383 e. The van der Waals surface area contributed by atoms with E-state index in [4.69, 9.17) is 11.5 Å². The fraction of sp³-hybridized carbons (Fsp3) is 0.154. The highest BCUT2D eigenvalue weighted by Gasteiger charge is 2.16. The van der Waals surface area contributed by atoms with Crippen LogP contribution in [0.1, 0.15) is 6.92 Å². The quantitative estimate of drug-likeness (QED) is 0.566. The van der Waals surface area contributed by atoms with Gasteiger partial charge in [-0.3, -0.25) is 4.79 Å². The lowest BCUT2D eigenvalue weighted by Gasteiger charge is -2.11. The molecule has 0 aliphatic heterocycles. The summed E-state index contributed by atoms with van der Waals surface area (Å²) in [7, 11) is 0. The van der Waals surface area contributed by atoms with Gasteiger partial charge < -0.3 is 16.8 Å². The monoisotopic (exact) mass is 367 g/mol. The number of anilines is 3. The molecule has 0 unspecified atom stereocenters. The van der Waals surface area contributed by atoms with E-state index in [-0.39, 0.29) is 22.8 Å². The van der Waals surface area contributed by atoms with Crippen LogP contribution in [0.4, 0.5) is 17.3 Å². The van der Waals surface area contributed by atoms with Crippen LogP contribution in [0.2, 0.25) is 0 Å². The van der Waals surface area contributed by atoms with E-state index < -0.39 is 0 Å². The van der Waals surface area contributed by atoms with Gasteiger partial charge in [0, 0.05) is 16.2 Å². The van der Waals surface area contributed by atoms with Crippen molar-refractivity contribution < 1.29 is 4.79 Å². The molecule has 0 aliphatic rings. The van der Waals surface area contributed by atoms with Crippen molar-refractivity contribution in [2.45, 2.75) is 17.3 Å². The topological polar surface area (TPSA) is 107 Å². The molecule has 0 aliphatic carbocycles. The van der Waals surface area contributed by atoms with E-state index in [0.29, 0.717) is 5.16 Å². The van der Waals surface area contributed by atoms with E-state index in [1.807, 2.05) is 24.3 Å². The molecule has 1 heterocycles. The first kappa shape index (κ1) is 15.6. The number of amides is 1. The first-order valence-electron chi connectivity index (χ1n) is 6.07. The third kappa shape index (κ3) is 4.61. The minimum absolute atomic E-state index is 0.146. The molecule has 21 heavy (non-hydrogen) atoms. The van der Waals surface area contributed by atoms with E-state index in [1.165, 1.54) is 17.8 Å². The fourth-order valence-corrected chi connectivity index (χ4v) is 2.57. The third-order valence-corrected chi connectivity index (χ3v) is 4.00. The van der Waals surface area contributed by atoms with E-state index >= 15 is 0 Å². The molecule has 0 saturated carbocycles. The molecule has 1 atom stereocenters. The lowest BCUT2D eigenvalue weighted by atomic mass is 10.3. The number of hydrogen-bond donors (Lipinski definition) is 3. The summed E-state index contributed by atoms with van der Waals surface area (Å²) in [5.41, 5.74) is 11.9. The van der Waals surface area contributed by atoms with Crippen molar-refractivity contribution in [2.24, 2.45) is 0 Å². The van der Waals surface area contributed by atoms with Gasteiger partial charge in [0.15, 0.2) is 5.16 Å². The van der Waals surface area contributed by atoms with Gasteiger partial charge in [-0.15, -0.1) is 0 Å². The Morgan fingerprint density at radius 2 is 1.81 bits per heavy atom. The number of nitrogen functional groups attached to an aromatic ring is 2. The molecule has 2 aromatic rings. The average molecular weight is 368 g/mol. The number of carbonyl (C=O) groups excluding carboxylic acids is 1. The smallest absolute Gasteiger partial charge is 0.237 e. The van der Waals surface area contributed by atoms with Crippen LogP contribution in [0.3, 0.4) is 0 Å². The van der Waals surface area contributed by atoms with Crippen LogP contribution in [0.25, 0.3) is 0 Å². The summed E-state index contributed by atoms with van der Waals surface area (Å²) < 4.78 is 0.951. The number of halogens is 1. The zero-order valence-corrected chi connectivity index (χ0v) is 13.6. The van der Waals surface area contributed by atoms with E-state index in [0.717, 1.165) is 10.2 Å². The van der Waals surface area contributed by atoms with E-state index in [2.05, 4.69) is 31.2 Å². The maximum Gasteiger partial charge on any atom is 0.237 e. The predicted molar refractivity (Wildman–Crippen MR) is 88.9 cm³/mol. The van der Waals surface area contributed by atoms with Crippen LogP contribution < -0.4 is 16.8 Å². The van der Waals surface area contributed by atoms with Crippen molar-refractivity contribution in [3.8, 4) is 0 Å². The van der Waals surface area contributed by atoms with Crippen LogP contribution in [0, 0.1) is 0 Å². The van der Waals surface area contributed by atoms with Crippen molar-refractivity contribution in [3.05, 3.63) is 34.8 Å². The molecule has 0 saturated heterocycles. The summed E-state index contributed by atoms with van der Waals surface area (Å²) in [5.74, 6) is 0.419. The molecule has 5 N–H and O–H groups in total. The summed E-state index contributed by atoms with van der Waals surface area (Å²) in [6.07, 6.45) is 0. The maximum atomic E-state index is 12.1. The Balaban J connectivity index is 2.00. The van der Waals surface area contributed by atoms with Gasteiger partial charge in [0.25, 0.3) is 0 Å². The Bertz CT molecular complexity index is 629. The van der Waals surface area contributed by atoms with Gasteiger partial charge in [-0.2, -0.15) is 0 Å². The number of carbonyl (C=O) groups is 1. The highest BCUT2D eigenvalue weighted by molar-refractivity contribution is 9.10. The van der Waals surface area contributed by atoms with Crippen LogP contribution in [0.5, 0.6) is 0 Å². The fourth-order valence-electron chi connectivity index (χ4n) is 1.50. The van der Waals surface area contributed by atoms with Gasteiger partial charge in [0.1, 0.15) is 11.6 Å². The van der Waals surface area contributed by atoms with E-state index in [9.17, 15) is 4.79 Å². The van der Waals surface area contributed by atoms with Crippen LogP contribution in [0.15, 0.2) is 40.0 Å². The molecule has 1 amide bonds. The zero-order valence-electron chi connectivity index (χ0n) is 11.2. The SMILES string of the molecule is C[C@H](Sc1nc(N)cc(N)n1)C(=O)Nc1ccc(Br)cc1. The second-order valence-corrected chi connectivity index (χ2v) is 6.48. The number of nitrogens with zero attached hydrogens (tertiary/aromatic N) is 2. The van der Waals surface area contributed by atoms with Gasteiger partial charge >= 0.3 is 0 Å². The lowest BCUT2D eigenvalue weighted by Crippen LogP contribution is -2.22. The zero-order chi connectivity index (χ0) is 15.4. The minimum Gasteiger partial charge on any atom is -0.383 e. The Morgan fingerprint density at radius 3 is 2.38 bits per heavy atom. The van der Waals surface area contributed by atoms with Crippen molar-refractivity contribution in [3.63, 3.8) is 0 Å². The second kappa shape index (κ2) is 6.77. The van der Waals surface area contributed by atoms with Crippen LogP contribution in [-0.2, 0) is 4.79 Å². The molecule has 6 nitrogen and oxygen atoms in total. The second-order valence-electron chi connectivity index (χ2n) is 4.26. The molecule has 0 bridgehead atoms. The molecular formula is C13H14BrN5OS. The van der Waals surface area contributed by atoms with Gasteiger partial charge in [0.05, 0.1) is 5.25 Å². The number of aromatic nitrogens is 2. The van der Waals surface area contributed by atoms with Crippen molar-refractivity contribution in [1.29, 1.82) is 0 Å². The summed E-state index contributed by atoms with van der Waals surface area (Å²) in [4.78, 5) is 20.2. The molecule has 0 fully saturated rings. The summed E-state index contributed by atoms with van der Waals surface area (Å²) in [6, 6.07) is 8.81. The Labute approximate surface area is 134 Å². The molecule has 1 aromatic heterocycles. The standard InChI is InChI=1S/C13H14BrN5OS/c1-7(21-13-18-10(15)6-11(16)19-13)12(20)17-9-4-2-8(14)3-5-9/h2-7H,1H3,(H,17,20)(H4,15,16,18,19)/t7-/m0/s1. The number of hydrogen-bond acceptors (Lipinski definition) is 6. The van der Waals surface area contributed by atoms with E-state index in [1.54, 1.807) is 6.92 Å². The van der Waals surface area contributed by atoms with Gasteiger partial charge in [0.2, 0.25) is 5.91 Å². The first-order chi connectivity index (χ1) is 9.94. The van der Waals surface area contributed by atoms with Crippen LogP contribution in [-0.4, -0.2) is 21.1 Å². The highest BCUT2D eigenvalue weighted by atomic mass is 79.9. The van der Waals surface area contributed by atoms with Gasteiger partial charge in [-0.25, -0.2) is 9.97 Å². The predicted octanol–water partition coefficient (Wildman–Crippen LogP) is 2.52. The van der Waals surface area contributed by atoms with Gasteiger partial charge in [-0.05, 0) is 31.2 Å². The molecule has 1 aromatic carbocycles. The molecule has 0 spiro atoms. The number of rotatable bonds is 4. The number of nitrogens with two attached hydrogens (primary N) is 2. The Morgan fingerprint density at radius 1 is 1.24 bits per heavy atom. The number of benzene rings is 1. The molecule has 2 rings (SSSR count). The Hall–Kier alpha value is -1.80. The van der Waals surface area contributed by atoms with Gasteiger partial charge in [-0.1, -0.05) is 27.7 Å². The number of thioether (sulfide) groups is 1. The minimum atomic E-state index is -0.380. The summed E-state index contributed by atoms with van der Waals surface area (Å²) in [6.45, 7) is 1.77. The highest BCUT2D eigenvalue weighted by Crippen LogP contribution is 2.23. The normalized spacial score (nSPS) is 11.9. The van der Waals surface area contributed by atoms with Crippen molar-refractivity contribution in [2.75, 3.05) is 16.8 Å². The average Bonchev–Trinajstić information content (AvgIpc) is 2.40. The van der Waals surface area contributed by atoms with Crippen molar-refractivity contribution >= 4 is 50.9 Å². The summed E-state index contributed by atoms with van der Waals surface area (Å²) in [5, 5.41) is 2.82. The van der Waals surface area contributed by atoms with Crippen LogP contribution >= 0.6 is 27.7 Å². The summed E-state index contributed by atoms with van der Waals surface area (Å²) >= 11 is 4.54. The molecular weight excluding hydrogens is 354 g/mol. The Kier molecular flexibility index (Phi) is 5.03.